The van der Waals surface area contributed by atoms with E-state index in [0.29, 0.717) is 11.1 Å². The highest BCUT2D eigenvalue weighted by Crippen LogP contribution is 2.30. The van der Waals surface area contributed by atoms with Crippen LogP contribution in [0.5, 0.6) is 11.5 Å². The maximum atomic E-state index is 13.4. The third kappa shape index (κ3) is 22.8. The SMILES string of the molecule is CC(=O)OCc1ccc(O[C@@H]2O[C@H](C(=O)O)[C@@H](O)[C@H](O)[C@H]2O)c(C(=O)NCCOCCOCCN(CCOCCOCCNC(=O)c2cc(COC(C)=O)ccc2O[C@@H]2O[C@H](C(=O)O)[C@@H](O)[C@H](O)[C@H]2O)C(=O)COCCOCCON)c1. The van der Waals surface area contributed by atoms with Crippen molar-refractivity contribution >= 4 is 41.6 Å². The Balaban J connectivity index is 1.20. The van der Waals surface area contributed by atoms with Gasteiger partial charge in [0.2, 0.25) is 18.5 Å². The first kappa shape index (κ1) is 68.2. The van der Waals surface area contributed by atoms with Gasteiger partial charge >= 0.3 is 23.9 Å². The van der Waals surface area contributed by atoms with E-state index in [4.69, 9.17) is 62.7 Å². The molecule has 32 nitrogen and oxygen atoms in total. The van der Waals surface area contributed by atoms with Gasteiger partial charge in [-0.1, -0.05) is 12.1 Å². The van der Waals surface area contributed by atoms with E-state index in [2.05, 4.69) is 15.5 Å². The predicted molar refractivity (Wildman–Crippen MR) is 270 cm³/mol. The number of amides is 3. The molecule has 0 aromatic heterocycles. The Bertz CT molecular complexity index is 2210. The summed E-state index contributed by atoms with van der Waals surface area (Å²) in [6.45, 7) is 3.05. The maximum absolute atomic E-state index is 13.4. The fourth-order valence-electron chi connectivity index (χ4n) is 7.41. The molecule has 4 rings (SSSR count). The van der Waals surface area contributed by atoms with Crippen molar-refractivity contribution in [2.75, 3.05) is 112 Å². The van der Waals surface area contributed by atoms with Gasteiger partial charge in [-0.25, -0.2) is 15.5 Å². The Morgan fingerprint density at radius 1 is 0.512 bits per heavy atom. The lowest BCUT2D eigenvalue weighted by molar-refractivity contribution is -0.271. The third-order valence-electron chi connectivity index (χ3n) is 11.7. The van der Waals surface area contributed by atoms with E-state index >= 15 is 0 Å². The first-order valence-corrected chi connectivity index (χ1v) is 25.6. The van der Waals surface area contributed by atoms with Gasteiger partial charge in [-0.2, -0.15) is 0 Å². The highest BCUT2D eigenvalue weighted by atomic mass is 16.7. The molecule has 2 aromatic carbocycles. The van der Waals surface area contributed by atoms with Crippen LogP contribution in [-0.4, -0.2) is 261 Å². The third-order valence-corrected chi connectivity index (χ3v) is 11.7. The number of nitrogens with one attached hydrogen (secondary N) is 2. The zero-order valence-corrected chi connectivity index (χ0v) is 44.9. The van der Waals surface area contributed by atoms with Crippen molar-refractivity contribution in [3.8, 4) is 11.5 Å². The first-order valence-electron chi connectivity index (χ1n) is 25.6. The summed E-state index contributed by atoms with van der Waals surface area (Å²) in [6, 6.07) is 8.09. The van der Waals surface area contributed by atoms with Crippen LogP contribution in [0.4, 0.5) is 0 Å². The van der Waals surface area contributed by atoms with Crippen LogP contribution in [0.1, 0.15) is 45.7 Å². The van der Waals surface area contributed by atoms with Crippen molar-refractivity contribution in [3.05, 3.63) is 58.7 Å². The molecule has 82 heavy (non-hydrogen) atoms. The number of nitrogens with two attached hydrogens (primary N) is 1. The van der Waals surface area contributed by atoms with E-state index in [0.717, 1.165) is 0 Å². The Morgan fingerprint density at radius 3 is 1.28 bits per heavy atom. The number of carbonyl (C=O) groups is 7. The van der Waals surface area contributed by atoms with Gasteiger partial charge in [0.1, 0.15) is 67.9 Å². The molecule has 0 saturated carbocycles. The summed E-state index contributed by atoms with van der Waals surface area (Å²) in [6.07, 6.45) is -19.3. The van der Waals surface area contributed by atoms with Crippen LogP contribution in [0, 0.1) is 0 Å². The van der Waals surface area contributed by atoms with Crippen molar-refractivity contribution in [1.29, 1.82) is 0 Å². The van der Waals surface area contributed by atoms with Crippen LogP contribution >= 0.6 is 0 Å². The van der Waals surface area contributed by atoms with Crippen molar-refractivity contribution in [1.82, 2.24) is 15.5 Å². The van der Waals surface area contributed by atoms with Crippen LogP contribution in [0.15, 0.2) is 36.4 Å². The van der Waals surface area contributed by atoms with E-state index < -0.39 is 97.1 Å². The van der Waals surface area contributed by atoms with E-state index in [-0.39, 0.29) is 154 Å². The van der Waals surface area contributed by atoms with E-state index in [1.807, 2.05) is 0 Å². The lowest BCUT2D eigenvalue weighted by atomic mass is 9.99. The smallest absolute Gasteiger partial charge is 0.335 e. The lowest BCUT2D eigenvalue weighted by Crippen LogP contribution is -2.61. The minimum atomic E-state index is -1.98. The lowest BCUT2D eigenvalue weighted by Gasteiger charge is -2.38. The van der Waals surface area contributed by atoms with Gasteiger partial charge in [0.25, 0.3) is 11.8 Å². The largest absolute Gasteiger partial charge is 0.479 e. The molecule has 2 fully saturated rings. The van der Waals surface area contributed by atoms with Gasteiger partial charge in [0.15, 0.2) is 12.2 Å². The summed E-state index contributed by atoms with van der Waals surface area (Å²) >= 11 is 0. The molecule has 2 aliphatic heterocycles. The van der Waals surface area contributed by atoms with E-state index in [9.17, 15) is 74.4 Å². The molecule has 0 radical (unpaired) electrons. The molecule has 2 aliphatic rings. The number of ether oxygens (including phenoxy) is 12. The van der Waals surface area contributed by atoms with Gasteiger partial charge in [-0.15, -0.1) is 0 Å². The number of benzene rings is 2. The number of carboxylic acids is 2. The molecule has 12 N–H and O–H groups in total. The average Bonchev–Trinajstić information content (AvgIpc) is 3.61. The maximum Gasteiger partial charge on any atom is 0.335 e. The normalized spacial score (nSPS) is 22.4. The first-order chi connectivity index (χ1) is 39.2. The topological polar surface area (TPSA) is 455 Å². The fourth-order valence-corrected chi connectivity index (χ4v) is 7.41. The number of aliphatic hydroxyl groups excluding tert-OH is 6. The average molecular weight is 1180 g/mol. The number of carboxylic acid groups (broad SMARTS) is 2. The number of hydrogen-bond donors (Lipinski definition) is 11. The van der Waals surface area contributed by atoms with Crippen LogP contribution in [-0.2, 0) is 89.4 Å². The molecule has 0 aliphatic carbocycles. The van der Waals surface area contributed by atoms with Gasteiger partial charge in [-0.3, -0.25) is 24.0 Å². The Hall–Kier alpha value is -6.31. The number of aliphatic carboxylic acids is 2. The number of aliphatic hydroxyl groups is 6. The molecule has 10 atom stereocenters. The summed E-state index contributed by atoms with van der Waals surface area (Å²) in [5.41, 5.74) is 0.445. The monoisotopic (exact) mass is 1180 g/mol. The number of rotatable bonds is 38. The minimum absolute atomic E-state index is 0.00146. The number of carbonyl (C=O) groups excluding carboxylic acids is 5. The van der Waals surface area contributed by atoms with Gasteiger partial charge in [0, 0.05) is 40.0 Å². The van der Waals surface area contributed by atoms with Gasteiger partial charge in [0.05, 0.1) is 90.4 Å². The molecule has 3 amide bonds. The second-order valence-electron chi connectivity index (χ2n) is 17.8. The number of nitrogens with zero attached hydrogens (tertiary/aromatic N) is 1. The second kappa shape index (κ2) is 36.3. The van der Waals surface area contributed by atoms with E-state index in [1.54, 1.807) is 0 Å². The molecule has 460 valence electrons. The molecule has 2 saturated heterocycles. The Morgan fingerprint density at radius 2 is 0.890 bits per heavy atom. The van der Waals surface area contributed by atoms with Crippen molar-refractivity contribution in [2.45, 2.75) is 88.5 Å². The van der Waals surface area contributed by atoms with Gasteiger partial charge < -0.3 is 118 Å². The van der Waals surface area contributed by atoms with Crippen LogP contribution in [0.25, 0.3) is 0 Å². The van der Waals surface area contributed by atoms with Crippen molar-refractivity contribution in [3.63, 3.8) is 0 Å². The van der Waals surface area contributed by atoms with Crippen LogP contribution in [0.3, 0.4) is 0 Å². The summed E-state index contributed by atoms with van der Waals surface area (Å²) < 4.78 is 65.0. The zero-order chi connectivity index (χ0) is 60.1. The standard InChI is InChI=1S/C50H72N4O28/c1-28(55)76-25-30-3-5-34(79-49-41(62)37(58)39(60)43(81-49)47(66)67)32(23-30)45(64)52-7-11-70-15-17-72-13-9-54(36(57)27-75-20-19-74-21-22-78-51)10-14-73-18-16-71-12-8-53-46(65)33-24-31(26-77-29(2)56)4-6-35(33)80-50-42(63)38(59)40(61)44(82-50)48(68)69/h3-6,23-24,37-44,49-50,58-63H,7-22,25-27,51H2,1-2H3,(H,52,64)(H,53,65)(H,66,67)(H,68,69)/t37-,38-,39-,40-,41+,42+,43-,44-,49+,50+/m0/s1. The van der Waals surface area contributed by atoms with Crippen molar-refractivity contribution in [2.24, 2.45) is 5.90 Å². The molecule has 2 aromatic rings. The van der Waals surface area contributed by atoms with Crippen LogP contribution in [0.2, 0.25) is 0 Å². The number of hydrogen-bond acceptors (Lipinski definition) is 27. The molecule has 0 bridgehead atoms. The Kier molecular flexibility index (Phi) is 30.2. The summed E-state index contributed by atoms with van der Waals surface area (Å²) in [5, 5.41) is 85.6. The predicted octanol–water partition coefficient (Wildman–Crippen LogP) is -4.67. The summed E-state index contributed by atoms with van der Waals surface area (Å²) in [7, 11) is 0. The fraction of sp³-hybridized carbons (Fsp3) is 0.620. The molecular weight excluding hydrogens is 1100 g/mol. The zero-order valence-electron chi connectivity index (χ0n) is 44.9. The summed E-state index contributed by atoms with van der Waals surface area (Å²) in [4.78, 5) is 91.8. The quantitative estimate of drug-likeness (QED) is 0.0171. The molecule has 0 spiro atoms. The minimum Gasteiger partial charge on any atom is -0.479 e. The Labute approximate surface area is 468 Å². The summed E-state index contributed by atoms with van der Waals surface area (Å²) in [5.74, 6) is -1.69. The van der Waals surface area contributed by atoms with Crippen molar-refractivity contribution < 1.29 is 136 Å². The number of esters is 2. The highest BCUT2D eigenvalue weighted by molar-refractivity contribution is 5.97. The second-order valence-corrected chi connectivity index (χ2v) is 17.8. The van der Waals surface area contributed by atoms with Gasteiger partial charge in [-0.05, 0) is 35.4 Å². The highest BCUT2D eigenvalue weighted by Gasteiger charge is 2.49. The molecule has 0 unspecified atom stereocenters. The molecule has 2 heterocycles. The van der Waals surface area contributed by atoms with E-state index in [1.165, 1.54) is 55.1 Å². The van der Waals surface area contributed by atoms with Crippen LogP contribution < -0.4 is 26.0 Å². The molecule has 32 heteroatoms. The molecular formula is C50H72N4O28.